The van der Waals surface area contributed by atoms with Gasteiger partial charge in [-0.1, -0.05) is 40.5 Å². The predicted octanol–water partition coefficient (Wildman–Crippen LogP) is 1.91. The SMILES string of the molecule is CC(C)CCCCNC(=O)[C@@H](N)C(C)C. The van der Waals surface area contributed by atoms with E-state index in [1.54, 1.807) is 0 Å². The zero-order chi connectivity index (χ0) is 11.8. The summed E-state index contributed by atoms with van der Waals surface area (Å²) in [6, 6.07) is -0.366. The van der Waals surface area contributed by atoms with Crippen molar-refractivity contribution in [3.63, 3.8) is 0 Å². The summed E-state index contributed by atoms with van der Waals surface area (Å²) < 4.78 is 0. The minimum absolute atomic E-state index is 0.0189. The van der Waals surface area contributed by atoms with Crippen molar-refractivity contribution in [2.45, 2.75) is 53.0 Å². The Hall–Kier alpha value is -0.570. The van der Waals surface area contributed by atoms with Crippen LogP contribution in [0.1, 0.15) is 47.0 Å². The van der Waals surface area contributed by atoms with Crippen molar-refractivity contribution in [2.75, 3.05) is 6.54 Å². The van der Waals surface area contributed by atoms with Crippen LogP contribution in [0.15, 0.2) is 0 Å². The van der Waals surface area contributed by atoms with Crippen molar-refractivity contribution in [2.24, 2.45) is 17.6 Å². The highest BCUT2D eigenvalue weighted by Gasteiger charge is 2.15. The summed E-state index contributed by atoms with van der Waals surface area (Å²) in [6.07, 6.45) is 3.45. The molecular weight excluding hydrogens is 188 g/mol. The third-order valence-corrected chi connectivity index (χ3v) is 2.53. The fraction of sp³-hybridized carbons (Fsp3) is 0.917. The van der Waals surface area contributed by atoms with Crippen LogP contribution in [-0.4, -0.2) is 18.5 Å². The summed E-state index contributed by atoms with van der Waals surface area (Å²) in [6.45, 7) is 9.11. The molecule has 0 aliphatic heterocycles. The maximum Gasteiger partial charge on any atom is 0.237 e. The molecular formula is C12H26N2O. The predicted molar refractivity (Wildman–Crippen MR) is 64.5 cm³/mol. The third-order valence-electron chi connectivity index (χ3n) is 2.53. The molecule has 3 N–H and O–H groups in total. The van der Waals surface area contributed by atoms with E-state index in [9.17, 15) is 4.79 Å². The van der Waals surface area contributed by atoms with Crippen molar-refractivity contribution in [1.29, 1.82) is 0 Å². The molecule has 0 fully saturated rings. The molecule has 15 heavy (non-hydrogen) atoms. The van der Waals surface area contributed by atoms with E-state index in [2.05, 4.69) is 19.2 Å². The average molecular weight is 214 g/mol. The molecule has 0 rings (SSSR count). The molecule has 0 spiro atoms. The number of carbonyl (C=O) groups is 1. The Morgan fingerprint density at radius 2 is 1.80 bits per heavy atom. The minimum Gasteiger partial charge on any atom is -0.355 e. The first-order chi connectivity index (χ1) is 6.95. The molecule has 0 bridgehead atoms. The van der Waals surface area contributed by atoms with Gasteiger partial charge in [-0.25, -0.2) is 0 Å². The van der Waals surface area contributed by atoms with E-state index in [0.29, 0.717) is 0 Å². The van der Waals surface area contributed by atoms with E-state index in [-0.39, 0.29) is 17.9 Å². The number of amides is 1. The van der Waals surface area contributed by atoms with Crippen LogP contribution in [0.5, 0.6) is 0 Å². The molecule has 3 heteroatoms. The van der Waals surface area contributed by atoms with E-state index >= 15 is 0 Å². The van der Waals surface area contributed by atoms with Crippen molar-refractivity contribution in [3.8, 4) is 0 Å². The van der Waals surface area contributed by atoms with Crippen LogP contribution in [-0.2, 0) is 4.79 Å². The molecule has 0 aliphatic rings. The van der Waals surface area contributed by atoms with Gasteiger partial charge >= 0.3 is 0 Å². The number of unbranched alkanes of at least 4 members (excludes halogenated alkanes) is 1. The summed E-state index contributed by atoms with van der Waals surface area (Å²) in [5.41, 5.74) is 5.71. The second kappa shape index (κ2) is 7.69. The Bertz CT molecular complexity index is 178. The van der Waals surface area contributed by atoms with Gasteiger partial charge in [-0.2, -0.15) is 0 Å². The van der Waals surface area contributed by atoms with Crippen molar-refractivity contribution >= 4 is 5.91 Å². The fourth-order valence-electron chi connectivity index (χ4n) is 1.31. The van der Waals surface area contributed by atoms with E-state index in [1.807, 2.05) is 13.8 Å². The minimum atomic E-state index is -0.366. The van der Waals surface area contributed by atoms with Gasteiger partial charge in [-0.15, -0.1) is 0 Å². The Kier molecular flexibility index (Phi) is 7.39. The number of nitrogens with one attached hydrogen (secondary N) is 1. The van der Waals surface area contributed by atoms with Gasteiger partial charge in [0.05, 0.1) is 6.04 Å². The highest BCUT2D eigenvalue weighted by molar-refractivity contribution is 5.81. The summed E-state index contributed by atoms with van der Waals surface area (Å²) in [5.74, 6) is 0.939. The highest BCUT2D eigenvalue weighted by Crippen LogP contribution is 2.05. The first kappa shape index (κ1) is 14.4. The summed E-state index contributed by atoms with van der Waals surface area (Å²) in [7, 11) is 0. The van der Waals surface area contributed by atoms with Gasteiger partial charge in [0.2, 0.25) is 5.91 Å². The lowest BCUT2D eigenvalue weighted by molar-refractivity contribution is -0.123. The second-order valence-corrected chi connectivity index (χ2v) is 4.95. The molecule has 0 aliphatic carbocycles. The van der Waals surface area contributed by atoms with Gasteiger partial charge in [0.15, 0.2) is 0 Å². The molecule has 90 valence electrons. The molecule has 1 amide bonds. The van der Waals surface area contributed by atoms with Gasteiger partial charge in [0.1, 0.15) is 0 Å². The Labute approximate surface area is 93.8 Å². The number of hydrogen-bond donors (Lipinski definition) is 2. The molecule has 0 aromatic rings. The fourth-order valence-corrected chi connectivity index (χ4v) is 1.31. The van der Waals surface area contributed by atoms with Crippen LogP contribution in [0, 0.1) is 11.8 Å². The summed E-state index contributed by atoms with van der Waals surface area (Å²) in [5, 5.41) is 2.87. The lowest BCUT2D eigenvalue weighted by Crippen LogP contribution is -2.44. The van der Waals surface area contributed by atoms with Gasteiger partial charge < -0.3 is 11.1 Å². The van der Waals surface area contributed by atoms with Gasteiger partial charge in [0.25, 0.3) is 0 Å². The van der Waals surface area contributed by atoms with E-state index in [4.69, 9.17) is 5.73 Å². The number of rotatable bonds is 7. The van der Waals surface area contributed by atoms with Crippen molar-refractivity contribution < 1.29 is 4.79 Å². The van der Waals surface area contributed by atoms with Gasteiger partial charge in [0, 0.05) is 6.54 Å². The highest BCUT2D eigenvalue weighted by atomic mass is 16.2. The third kappa shape index (κ3) is 7.37. The molecule has 3 nitrogen and oxygen atoms in total. The van der Waals surface area contributed by atoms with Crippen LogP contribution >= 0.6 is 0 Å². The van der Waals surface area contributed by atoms with Crippen LogP contribution in [0.25, 0.3) is 0 Å². The topological polar surface area (TPSA) is 55.1 Å². The first-order valence-electron chi connectivity index (χ1n) is 5.98. The molecule has 0 heterocycles. The van der Waals surface area contributed by atoms with Crippen molar-refractivity contribution in [1.82, 2.24) is 5.32 Å². The quantitative estimate of drug-likeness (QED) is 0.636. The molecule has 0 saturated heterocycles. The zero-order valence-electron chi connectivity index (χ0n) is 10.5. The summed E-state index contributed by atoms with van der Waals surface area (Å²) in [4.78, 5) is 11.4. The van der Waals surface area contributed by atoms with Crippen LogP contribution in [0.3, 0.4) is 0 Å². The summed E-state index contributed by atoms with van der Waals surface area (Å²) >= 11 is 0. The van der Waals surface area contributed by atoms with Crippen LogP contribution in [0.4, 0.5) is 0 Å². The van der Waals surface area contributed by atoms with E-state index < -0.39 is 0 Å². The van der Waals surface area contributed by atoms with E-state index in [1.165, 1.54) is 12.8 Å². The lowest BCUT2D eigenvalue weighted by Gasteiger charge is -2.15. The normalized spacial score (nSPS) is 13.3. The average Bonchev–Trinajstić information content (AvgIpc) is 2.15. The molecule has 1 atom stereocenters. The van der Waals surface area contributed by atoms with Crippen LogP contribution < -0.4 is 11.1 Å². The number of carbonyl (C=O) groups excluding carboxylic acids is 1. The molecule has 0 aromatic heterocycles. The Morgan fingerprint density at radius 1 is 1.20 bits per heavy atom. The van der Waals surface area contributed by atoms with Crippen LogP contribution in [0.2, 0.25) is 0 Å². The Balaban J connectivity index is 3.47. The van der Waals surface area contributed by atoms with Gasteiger partial charge in [-0.3, -0.25) is 4.79 Å². The molecule has 0 aromatic carbocycles. The second-order valence-electron chi connectivity index (χ2n) is 4.95. The number of hydrogen-bond acceptors (Lipinski definition) is 2. The molecule has 0 unspecified atom stereocenters. The molecule has 0 saturated carbocycles. The maximum absolute atomic E-state index is 11.4. The zero-order valence-corrected chi connectivity index (χ0v) is 10.5. The first-order valence-corrected chi connectivity index (χ1v) is 5.98. The Morgan fingerprint density at radius 3 is 2.27 bits per heavy atom. The van der Waals surface area contributed by atoms with E-state index in [0.717, 1.165) is 18.9 Å². The lowest BCUT2D eigenvalue weighted by atomic mass is 10.0. The maximum atomic E-state index is 11.4. The largest absolute Gasteiger partial charge is 0.355 e. The number of nitrogens with two attached hydrogens (primary N) is 1. The monoisotopic (exact) mass is 214 g/mol. The standard InChI is InChI=1S/C12H26N2O/c1-9(2)7-5-6-8-14-12(15)11(13)10(3)4/h9-11H,5-8,13H2,1-4H3,(H,14,15)/t11-/m0/s1. The molecule has 0 radical (unpaired) electrons. The smallest absolute Gasteiger partial charge is 0.237 e. The van der Waals surface area contributed by atoms with Crippen molar-refractivity contribution in [3.05, 3.63) is 0 Å². The van der Waals surface area contributed by atoms with Gasteiger partial charge in [-0.05, 0) is 18.3 Å².